The highest BCUT2D eigenvalue weighted by molar-refractivity contribution is 6.65. The molecule has 0 radical (unpaired) electrons. The lowest BCUT2D eigenvalue weighted by Crippen LogP contribution is -2.42. The summed E-state index contributed by atoms with van der Waals surface area (Å²) in [4.78, 5) is 22.7. The molecule has 1 unspecified atom stereocenters. The SMILES string of the molecule is Cc1cc(C2=NO[C@@](c3cc(Cl)c(F)c(Cl)c3)(C(F)(F)F)C2)ccc1C(=O)CC1CC(Cl)=NO1. The second-order valence-electron chi connectivity index (χ2n) is 7.94. The van der Waals surface area contributed by atoms with E-state index in [4.69, 9.17) is 44.5 Å². The average Bonchev–Trinajstić information content (AvgIpc) is 3.38. The van der Waals surface area contributed by atoms with Crippen LogP contribution in [0.25, 0.3) is 0 Å². The van der Waals surface area contributed by atoms with Crippen LogP contribution in [0.4, 0.5) is 17.6 Å². The van der Waals surface area contributed by atoms with Crippen molar-refractivity contribution in [3.8, 4) is 0 Å². The van der Waals surface area contributed by atoms with Crippen LogP contribution in [0.1, 0.15) is 46.3 Å². The third kappa shape index (κ3) is 4.48. The Morgan fingerprint density at radius 1 is 1.15 bits per heavy atom. The highest BCUT2D eigenvalue weighted by Gasteiger charge is 2.62. The zero-order chi connectivity index (χ0) is 24.8. The van der Waals surface area contributed by atoms with Crippen molar-refractivity contribution in [2.45, 2.75) is 44.1 Å². The van der Waals surface area contributed by atoms with Crippen LogP contribution in [0.3, 0.4) is 0 Å². The van der Waals surface area contributed by atoms with Crippen LogP contribution in [0.2, 0.25) is 10.0 Å². The third-order valence-corrected chi connectivity index (χ3v) is 6.38. The molecule has 2 aromatic carbocycles. The van der Waals surface area contributed by atoms with E-state index in [1.165, 1.54) is 12.1 Å². The molecule has 2 atom stereocenters. The van der Waals surface area contributed by atoms with E-state index in [1.807, 2.05) is 0 Å². The molecule has 4 rings (SSSR count). The van der Waals surface area contributed by atoms with Crippen LogP contribution in [0, 0.1) is 12.7 Å². The molecule has 0 amide bonds. The number of oxime groups is 2. The molecule has 2 aliphatic heterocycles. The van der Waals surface area contributed by atoms with Crippen molar-refractivity contribution in [1.82, 2.24) is 0 Å². The minimum absolute atomic E-state index is 0.00435. The second-order valence-corrected chi connectivity index (χ2v) is 9.19. The fraction of sp³-hybridized carbons (Fsp3) is 0.318. The zero-order valence-corrected chi connectivity index (χ0v) is 19.6. The predicted octanol–water partition coefficient (Wildman–Crippen LogP) is 6.94. The van der Waals surface area contributed by atoms with E-state index in [1.54, 1.807) is 13.0 Å². The smallest absolute Gasteiger partial charge is 0.391 e. The van der Waals surface area contributed by atoms with Gasteiger partial charge in [-0.1, -0.05) is 57.2 Å². The summed E-state index contributed by atoms with van der Waals surface area (Å²) in [7, 11) is 0. The van der Waals surface area contributed by atoms with Gasteiger partial charge in [-0.15, -0.1) is 0 Å². The van der Waals surface area contributed by atoms with E-state index in [9.17, 15) is 22.4 Å². The van der Waals surface area contributed by atoms with Gasteiger partial charge in [0.25, 0.3) is 5.60 Å². The van der Waals surface area contributed by atoms with Crippen molar-refractivity contribution >= 4 is 51.5 Å². The Morgan fingerprint density at radius 2 is 1.82 bits per heavy atom. The molecule has 2 heterocycles. The Hall–Kier alpha value is -2.36. The first-order valence-electron chi connectivity index (χ1n) is 9.90. The molecule has 0 fully saturated rings. The molecule has 0 bridgehead atoms. The number of halogens is 7. The normalized spacial score (nSPS) is 22.2. The highest BCUT2D eigenvalue weighted by Crippen LogP contribution is 2.50. The van der Waals surface area contributed by atoms with E-state index in [2.05, 4.69) is 10.3 Å². The summed E-state index contributed by atoms with van der Waals surface area (Å²) in [5.41, 5.74) is -2.12. The number of Topliss-reactive ketones (excluding diaryl/α,β-unsaturated/α-hetero) is 1. The van der Waals surface area contributed by atoms with Crippen molar-refractivity contribution in [1.29, 1.82) is 0 Å². The van der Waals surface area contributed by atoms with Gasteiger partial charge < -0.3 is 9.68 Å². The summed E-state index contributed by atoms with van der Waals surface area (Å²) in [5.74, 6) is -1.25. The van der Waals surface area contributed by atoms with Crippen molar-refractivity contribution in [3.05, 3.63) is 68.4 Å². The Balaban J connectivity index is 1.59. The molecule has 0 N–H and O–H groups in total. The number of rotatable bonds is 5. The Kier molecular flexibility index (Phi) is 6.56. The maximum Gasteiger partial charge on any atom is 0.435 e. The molecule has 0 aliphatic carbocycles. The molecule has 0 saturated heterocycles. The summed E-state index contributed by atoms with van der Waals surface area (Å²) < 4.78 is 56.3. The van der Waals surface area contributed by atoms with Gasteiger partial charge >= 0.3 is 6.18 Å². The number of benzene rings is 2. The molecule has 34 heavy (non-hydrogen) atoms. The minimum Gasteiger partial charge on any atom is -0.391 e. The molecule has 0 spiro atoms. The monoisotopic (exact) mass is 536 g/mol. The number of hydrogen-bond acceptors (Lipinski definition) is 5. The third-order valence-electron chi connectivity index (χ3n) is 5.61. The van der Waals surface area contributed by atoms with Crippen LogP contribution in [-0.2, 0) is 15.3 Å². The van der Waals surface area contributed by atoms with Crippen LogP contribution >= 0.6 is 34.8 Å². The van der Waals surface area contributed by atoms with Crippen molar-refractivity contribution in [3.63, 3.8) is 0 Å². The fourth-order valence-corrected chi connectivity index (χ4v) is 4.52. The lowest BCUT2D eigenvalue weighted by molar-refractivity contribution is -0.275. The van der Waals surface area contributed by atoms with Crippen LogP contribution in [0.15, 0.2) is 40.6 Å². The molecule has 0 aromatic heterocycles. The molecular weight excluding hydrogens is 523 g/mol. The van der Waals surface area contributed by atoms with Crippen molar-refractivity contribution in [2.75, 3.05) is 0 Å². The van der Waals surface area contributed by atoms with E-state index >= 15 is 0 Å². The maximum atomic E-state index is 14.2. The second kappa shape index (κ2) is 9.02. The quantitative estimate of drug-likeness (QED) is 0.236. The van der Waals surface area contributed by atoms with E-state index in [0.29, 0.717) is 23.1 Å². The summed E-state index contributed by atoms with van der Waals surface area (Å²) in [6.07, 6.45) is -5.71. The molecule has 180 valence electrons. The van der Waals surface area contributed by atoms with E-state index in [0.717, 1.165) is 12.1 Å². The number of nitrogens with zero attached hydrogens (tertiary/aromatic N) is 2. The molecule has 5 nitrogen and oxygen atoms in total. The number of carbonyl (C=O) groups excluding carboxylic acids is 1. The van der Waals surface area contributed by atoms with E-state index in [-0.39, 0.29) is 23.1 Å². The van der Waals surface area contributed by atoms with Gasteiger partial charge in [0.1, 0.15) is 11.3 Å². The topological polar surface area (TPSA) is 60.2 Å². The summed E-state index contributed by atoms with van der Waals surface area (Å²) in [5, 5.41) is 6.41. The van der Waals surface area contributed by atoms with Gasteiger partial charge in [-0.05, 0) is 36.2 Å². The first kappa shape index (κ1) is 24.8. The largest absolute Gasteiger partial charge is 0.435 e. The minimum atomic E-state index is -4.92. The average molecular weight is 538 g/mol. The summed E-state index contributed by atoms with van der Waals surface area (Å²) in [6.45, 7) is 1.66. The standard InChI is InChI=1S/C22H15Cl3F4N2O3/c1-10-4-11(2-3-14(10)18(32)7-13-8-19(25)31-33-13)17-9-21(34-30-17,22(27,28)29)12-5-15(23)20(26)16(24)6-12/h2-6,13H,7-9H2,1H3/t13?,21-/m0/s1. The summed E-state index contributed by atoms with van der Waals surface area (Å²) in [6, 6.07) is 6.18. The molecule has 12 heteroatoms. The van der Waals surface area contributed by atoms with Gasteiger partial charge in [-0.3, -0.25) is 4.79 Å². The van der Waals surface area contributed by atoms with Crippen LogP contribution in [0.5, 0.6) is 0 Å². The first-order valence-corrected chi connectivity index (χ1v) is 11.0. The van der Waals surface area contributed by atoms with Crippen molar-refractivity contribution < 1.29 is 32.0 Å². The Morgan fingerprint density at radius 3 is 2.38 bits per heavy atom. The summed E-state index contributed by atoms with van der Waals surface area (Å²) >= 11 is 17.2. The molecule has 2 aliphatic rings. The maximum absolute atomic E-state index is 14.2. The molecule has 0 saturated carbocycles. The van der Waals surface area contributed by atoms with Gasteiger partial charge in [-0.25, -0.2) is 4.39 Å². The van der Waals surface area contributed by atoms with Crippen LogP contribution in [-0.4, -0.2) is 28.9 Å². The van der Waals surface area contributed by atoms with Gasteiger partial charge in [0, 0.05) is 24.0 Å². The zero-order valence-electron chi connectivity index (χ0n) is 17.4. The molecular formula is C22H15Cl3F4N2O3. The number of ketones is 1. The van der Waals surface area contributed by atoms with E-state index < -0.39 is 45.7 Å². The first-order chi connectivity index (χ1) is 15.9. The van der Waals surface area contributed by atoms with Gasteiger partial charge in [0.2, 0.25) is 0 Å². The lowest BCUT2D eigenvalue weighted by Gasteiger charge is -2.29. The fourth-order valence-electron chi connectivity index (χ4n) is 3.82. The Labute approximate surface area is 206 Å². The van der Waals surface area contributed by atoms with Gasteiger partial charge in [0.15, 0.2) is 11.6 Å². The predicted molar refractivity (Wildman–Crippen MR) is 119 cm³/mol. The molecule has 2 aromatic rings. The number of aryl methyl sites for hydroxylation is 1. The Bertz CT molecular complexity index is 1210. The number of carbonyl (C=O) groups is 1. The lowest BCUT2D eigenvalue weighted by atomic mass is 9.86. The van der Waals surface area contributed by atoms with Gasteiger partial charge in [-0.2, -0.15) is 13.2 Å². The van der Waals surface area contributed by atoms with Crippen molar-refractivity contribution in [2.24, 2.45) is 10.3 Å². The van der Waals surface area contributed by atoms with Crippen LogP contribution < -0.4 is 0 Å². The number of hydrogen-bond donors (Lipinski definition) is 0. The van der Waals surface area contributed by atoms with Gasteiger partial charge in [0.05, 0.1) is 22.2 Å². The number of alkyl halides is 3. The highest BCUT2D eigenvalue weighted by atomic mass is 35.5.